The standard InChI is InChI=1S/C29H36O3/c1-21-14-15-23(28-26(31-4)12-9-13-27(28)32-5)24(20-22-10-7-6-8-11-22)25(30)17-19-29(2,3)18-16-21/h6-13,16-17,19,23-24H,14-15,18,20H2,1-5H3/b19-17+,21-16+. The maximum atomic E-state index is 13.7. The number of rotatable bonds is 5. The number of carbonyl (C=O) groups is 1. The molecule has 3 heteroatoms. The van der Waals surface area contributed by atoms with Gasteiger partial charge in [0.2, 0.25) is 0 Å². The minimum Gasteiger partial charge on any atom is -0.496 e. The van der Waals surface area contributed by atoms with E-state index >= 15 is 0 Å². The molecule has 2 unspecified atom stereocenters. The number of ether oxygens (including phenoxy) is 2. The number of hydrogen-bond acceptors (Lipinski definition) is 3. The summed E-state index contributed by atoms with van der Waals surface area (Å²) >= 11 is 0. The van der Waals surface area contributed by atoms with Gasteiger partial charge >= 0.3 is 0 Å². The highest BCUT2D eigenvalue weighted by atomic mass is 16.5. The van der Waals surface area contributed by atoms with Gasteiger partial charge in [0.05, 0.1) is 14.2 Å². The summed E-state index contributed by atoms with van der Waals surface area (Å²) in [7, 11) is 3.37. The molecule has 0 amide bonds. The zero-order valence-corrected chi connectivity index (χ0v) is 20.1. The van der Waals surface area contributed by atoms with E-state index in [1.807, 2.05) is 42.5 Å². The third kappa shape index (κ3) is 5.91. The number of allylic oxidation sites excluding steroid dienone is 4. The second-order valence-corrected chi connectivity index (χ2v) is 9.50. The Balaban J connectivity index is 2.15. The molecule has 0 spiro atoms. The van der Waals surface area contributed by atoms with Crippen LogP contribution in [0.2, 0.25) is 0 Å². The average molecular weight is 433 g/mol. The summed E-state index contributed by atoms with van der Waals surface area (Å²) in [4.78, 5) is 13.7. The van der Waals surface area contributed by atoms with Crippen molar-refractivity contribution < 1.29 is 14.3 Å². The van der Waals surface area contributed by atoms with E-state index < -0.39 is 0 Å². The molecule has 32 heavy (non-hydrogen) atoms. The second-order valence-electron chi connectivity index (χ2n) is 9.50. The average Bonchev–Trinajstić information content (AvgIpc) is 2.82. The van der Waals surface area contributed by atoms with Crippen LogP contribution in [0.1, 0.15) is 57.1 Å². The Bertz CT molecular complexity index is 947. The molecule has 0 aromatic heterocycles. The Morgan fingerprint density at radius 3 is 2.25 bits per heavy atom. The van der Waals surface area contributed by atoms with Gasteiger partial charge in [-0.1, -0.05) is 68.0 Å². The molecule has 3 rings (SSSR count). The van der Waals surface area contributed by atoms with Crippen molar-refractivity contribution in [2.75, 3.05) is 14.2 Å². The van der Waals surface area contributed by atoms with Gasteiger partial charge in [-0.25, -0.2) is 0 Å². The van der Waals surface area contributed by atoms with Crippen LogP contribution >= 0.6 is 0 Å². The Labute approximate surface area is 193 Å². The smallest absolute Gasteiger partial charge is 0.159 e. The van der Waals surface area contributed by atoms with E-state index in [1.165, 1.54) is 11.1 Å². The number of hydrogen-bond donors (Lipinski definition) is 0. The molecule has 0 aliphatic heterocycles. The number of methoxy groups -OCH3 is 2. The Morgan fingerprint density at radius 2 is 1.62 bits per heavy atom. The molecule has 2 aromatic rings. The van der Waals surface area contributed by atoms with Crippen LogP contribution in [0.15, 0.2) is 72.3 Å². The highest BCUT2D eigenvalue weighted by Gasteiger charge is 2.33. The normalized spacial score (nSPS) is 24.0. The van der Waals surface area contributed by atoms with Crippen molar-refractivity contribution in [1.82, 2.24) is 0 Å². The van der Waals surface area contributed by atoms with Gasteiger partial charge in [-0.2, -0.15) is 0 Å². The van der Waals surface area contributed by atoms with Gasteiger partial charge < -0.3 is 9.47 Å². The Kier molecular flexibility index (Phi) is 7.95. The fraction of sp³-hybridized carbons (Fsp3) is 0.414. The third-order valence-corrected chi connectivity index (χ3v) is 6.51. The first kappa shape index (κ1) is 23.8. The first-order valence-corrected chi connectivity index (χ1v) is 11.5. The SMILES string of the molecule is COc1cccc(OC)c1C1CC/C(C)=C/CC(C)(C)/C=C/C(=O)C1Cc1ccccc1. The van der Waals surface area contributed by atoms with Gasteiger partial charge in [0.15, 0.2) is 5.78 Å². The first-order chi connectivity index (χ1) is 15.3. The summed E-state index contributed by atoms with van der Waals surface area (Å²) in [5.74, 6) is 1.49. The summed E-state index contributed by atoms with van der Waals surface area (Å²) in [6.07, 6.45) is 9.61. The summed E-state index contributed by atoms with van der Waals surface area (Å²) in [5.41, 5.74) is 3.46. The zero-order valence-electron chi connectivity index (χ0n) is 20.1. The van der Waals surface area contributed by atoms with Crippen LogP contribution in [0, 0.1) is 11.3 Å². The summed E-state index contributed by atoms with van der Waals surface area (Å²) < 4.78 is 11.5. The van der Waals surface area contributed by atoms with Crippen LogP contribution in [0.4, 0.5) is 0 Å². The van der Waals surface area contributed by atoms with Crippen LogP contribution in [0.3, 0.4) is 0 Å². The topological polar surface area (TPSA) is 35.5 Å². The fourth-order valence-electron chi connectivity index (χ4n) is 4.52. The molecule has 0 N–H and O–H groups in total. The molecule has 0 saturated heterocycles. The lowest BCUT2D eigenvalue weighted by Gasteiger charge is -2.29. The van der Waals surface area contributed by atoms with Gasteiger partial charge in [-0.05, 0) is 61.8 Å². The van der Waals surface area contributed by atoms with E-state index in [4.69, 9.17) is 9.47 Å². The molecule has 0 fully saturated rings. The molecule has 3 nitrogen and oxygen atoms in total. The summed E-state index contributed by atoms with van der Waals surface area (Å²) in [6.45, 7) is 6.57. The minimum atomic E-state index is -0.208. The lowest BCUT2D eigenvalue weighted by molar-refractivity contribution is -0.119. The molecule has 1 aliphatic rings. The number of benzene rings is 2. The molecular formula is C29H36O3. The van der Waals surface area contributed by atoms with Crippen LogP contribution in [0.5, 0.6) is 11.5 Å². The second kappa shape index (κ2) is 10.7. The van der Waals surface area contributed by atoms with Gasteiger partial charge in [0.1, 0.15) is 11.5 Å². The van der Waals surface area contributed by atoms with E-state index in [1.54, 1.807) is 14.2 Å². The predicted molar refractivity (Wildman–Crippen MR) is 131 cm³/mol. The van der Waals surface area contributed by atoms with Crippen molar-refractivity contribution in [3.05, 3.63) is 83.5 Å². The van der Waals surface area contributed by atoms with E-state index in [0.717, 1.165) is 36.3 Å². The Morgan fingerprint density at radius 1 is 0.969 bits per heavy atom. The van der Waals surface area contributed by atoms with Gasteiger partial charge in [0.25, 0.3) is 0 Å². The Hall–Kier alpha value is -2.81. The minimum absolute atomic E-state index is 0.0250. The molecule has 0 radical (unpaired) electrons. The molecule has 2 atom stereocenters. The van der Waals surface area contributed by atoms with Crippen molar-refractivity contribution in [3.63, 3.8) is 0 Å². The first-order valence-electron chi connectivity index (χ1n) is 11.5. The lowest BCUT2D eigenvalue weighted by atomic mass is 9.75. The van der Waals surface area contributed by atoms with Crippen molar-refractivity contribution in [3.8, 4) is 11.5 Å². The van der Waals surface area contributed by atoms with E-state index in [9.17, 15) is 4.79 Å². The molecule has 0 heterocycles. The molecule has 1 aliphatic carbocycles. The van der Waals surface area contributed by atoms with Crippen LogP contribution in [-0.4, -0.2) is 20.0 Å². The maximum absolute atomic E-state index is 13.7. The van der Waals surface area contributed by atoms with Crippen LogP contribution in [0.25, 0.3) is 0 Å². The predicted octanol–water partition coefficient (Wildman–Crippen LogP) is 6.93. The number of carbonyl (C=O) groups excluding carboxylic acids is 1. The monoisotopic (exact) mass is 432 g/mol. The number of ketones is 1. The van der Waals surface area contributed by atoms with E-state index in [2.05, 4.69) is 45.1 Å². The highest BCUT2D eigenvalue weighted by Crippen LogP contribution is 2.44. The lowest BCUT2D eigenvalue weighted by Crippen LogP contribution is -2.25. The highest BCUT2D eigenvalue weighted by molar-refractivity contribution is 5.93. The van der Waals surface area contributed by atoms with Crippen molar-refractivity contribution in [1.29, 1.82) is 0 Å². The van der Waals surface area contributed by atoms with E-state index in [-0.39, 0.29) is 23.0 Å². The van der Waals surface area contributed by atoms with Gasteiger partial charge in [-0.15, -0.1) is 0 Å². The zero-order chi connectivity index (χ0) is 23.1. The maximum Gasteiger partial charge on any atom is 0.159 e. The van der Waals surface area contributed by atoms with Crippen molar-refractivity contribution in [2.45, 2.75) is 52.4 Å². The van der Waals surface area contributed by atoms with E-state index in [0.29, 0.717) is 6.42 Å². The summed E-state index contributed by atoms with van der Waals surface area (Å²) in [5, 5.41) is 0. The molecule has 2 aromatic carbocycles. The summed E-state index contributed by atoms with van der Waals surface area (Å²) in [6, 6.07) is 16.2. The van der Waals surface area contributed by atoms with Gasteiger partial charge in [-0.3, -0.25) is 4.79 Å². The largest absolute Gasteiger partial charge is 0.496 e. The third-order valence-electron chi connectivity index (χ3n) is 6.51. The van der Waals surface area contributed by atoms with Crippen molar-refractivity contribution in [2.24, 2.45) is 11.3 Å². The molecular weight excluding hydrogens is 396 g/mol. The molecule has 0 bridgehead atoms. The molecule has 170 valence electrons. The van der Waals surface area contributed by atoms with Gasteiger partial charge in [0, 0.05) is 17.4 Å². The van der Waals surface area contributed by atoms with Crippen LogP contribution < -0.4 is 9.47 Å². The fourth-order valence-corrected chi connectivity index (χ4v) is 4.52. The quantitative estimate of drug-likeness (QED) is 0.481. The van der Waals surface area contributed by atoms with Crippen molar-refractivity contribution >= 4 is 5.78 Å². The van der Waals surface area contributed by atoms with Crippen LogP contribution in [-0.2, 0) is 11.2 Å². The molecule has 0 saturated carbocycles.